The first-order valence-electron chi connectivity index (χ1n) is 8.50. The first kappa shape index (κ1) is 16.3. The zero-order valence-corrected chi connectivity index (χ0v) is 14.4. The van der Waals surface area contributed by atoms with Crippen molar-refractivity contribution in [1.29, 1.82) is 0 Å². The lowest BCUT2D eigenvalue weighted by Crippen LogP contribution is -2.18. The van der Waals surface area contributed by atoms with Crippen molar-refractivity contribution in [2.45, 2.75) is 13.5 Å². The number of hydrogen-bond acceptors (Lipinski definition) is 5. The lowest BCUT2D eigenvalue weighted by Gasteiger charge is -2.18. The summed E-state index contributed by atoms with van der Waals surface area (Å²) in [5.74, 6) is 2.01. The Balaban J connectivity index is 1.48. The van der Waals surface area contributed by atoms with Crippen LogP contribution in [0.2, 0.25) is 0 Å². The van der Waals surface area contributed by atoms with Gasteiger partial charge in [0.2, 0.25) is 5.91 Å². The fourth-order valence-electron chi connectivity index (χ4n) is 2.88. The van der Waals surface area contributed by atoms with E-state index in [1.807, 2.05) is 43.3 Å². The summed E-state index contributed by atoms with van der Waals surface area (Å²) < 4.78 is 18.4. The van der Waals surface area contributed by atoms with Crippen molar-refractivity contribution in [3.05, 3.63) is 42.7 Å². The third-order valence-corrected chi connectivity index (χ3v) is 4.05. The predicted octanol–water partition coefficient (Wildman–Crippen LogP) is 2.84. The van der Waals surface area contributed by atoms with E-state index < -0.39 is 0 Å². The van der Waals surface area contributed by atoms with E-state index in [0.29, 0.717) is 31.3 Å². The maximum absolute atomic E-state index is 12.4. The molecule has 134 valence electrons. The normalized spacial score (nSPS) is 12.8. The smallest absolute Gasteiger partial charge is 0.244 e. The molecule has 0 saturated carbocycles. The summed E-state index contributed by atoms with van der Waals surface area (Å²) in [5, 5.41) is 2.88. The number of amides is 1. The molecule has 0 atom stereocenters. The Morgan fingerprint density at radius 2 is 1.92 bits per heavy atom. The second kappa shape index (κ2) is 6.95. The quantitative estimate of drug-likeness (QED) is 0.763. The van der Waals surface area contributed by atoms with E-state index in [9.17, 15) is 4.79 Å². The molecule has 1 aliphatic rings. The summed E-state index contributed by atoms with van der Waals surface area (Å²) in [6.07, 6.45) is 1.65. The molecule has 0 unspecified atom stereocenters. The van der Waals surface area contributed by atoms with Gasteiger partial charge in [-0.2, -0.15) is 0 Å². The number of imidazole rings is 1. The molecule has 7 heteroatoms. The van der Waals surface area contributed by atoms with Crippen LogP contribution in [0.1, 0.15) is 6.92 Å². The lowest BCUT2D eigenvalue weighted by molar-refractivity contribution is -0.116. The van der Waals surface area contributed by atoms with Gasteiger partial charge in [0, 0.05) is 17.8 Å². The maximum Gasteiger partial charge on any atom is 0.244 e. The van der Waals surface area contributed by atoms with E-state index in [0.717, 1.165) is 22.5 Å². The summed E-state index contributed by atoms with van der Waals surface area (Å²) in [4.78, 5) is 16.7. The van der Waals surface area contributed by atoms with Gasteiger partial charge in [0.05, 0.1) is 24.0 Å². The molecular weight excluding hydrogens is 334 g/mol. The summed E-state index contributed by atoms with van der Waals surface area (Å²) >= 11 is 0. The van der Waals surface area contributed by atoms with Gasteiger partial charge in [0.1, 0.15) is 25.5 Å². The van der Waals surface area contributed by atoms with Crippen LogP contribution >= 0.6 is 0 Å². The minimum atomic E-state index is -0.136. The van der Waals surface area contributed by atoms with Gasteiger partial charge < -0.3 is 24.1 Å². The number of rotatable bonds is 5. The molecule has 0 fully saturated rings. The van der Waals surface area contributed by atoms with Crippen LogP contribution in [0.15, 0.2) is 42.7 Å². The van der Waals surface area contributed by atoms with Crippen LogP contribution in [0, 0.1) is 0 Å². The van der Waals surface area contributed by atoms with Crippen LogP contribution < -0.4 is 19.5 Å². The summed E-state index contributed by atoms with van der Waals surface area (Å²) in [5.41, 5.74) is 2.32. The van der Waals surface area contributed by atoms with Crippen LogP contribution in [0.3, 0.4) is 0 Å². The average Bonchev–Trinajstić information content (AvgIpc) is 3.03. The van der Waals surface area contributed by atoms with Crippen LogP contribution in [0.25, 0.3) is 11.0 Å². The fraction of sp³-hybridized carbons (Fsp3) is 0.263. The number of carbonyl (C=O) groups is 1. The molecule has 1 N–H and O–H groups in total. The number of nitrogens with one attached hydrogen (secondary N) is 1. The van der Waals surface area contributed by atoms with Gasteiger partial charge in [0.15, 0.2) is 11.5 Å². The van der Waals surface area contributed by atoms with E-state index in [1.165, 1.54) is 0 Å². The van der Waals surface area contributed by atoms with E-state index in [2.05, 4.69) is 10.3 Å². The first-order valence-corrected chi connectivity index (χ1v) is 8.50. The van der Waals surface area contributed by atoms with Crippen molar-refractivity contribution < 1.29 is 19.0 Å². The van der Waals surface area contributed by atoms with E-state index in [4.69, 9.17) is 14.2 Å². The topological polar surface area (TPSA) is 74.6 Å². The monoisotopic (exact) mass is 353 g/mol. The summed E-state index contributed by atoms with van der Waals surface area (Å²) in [6, 6.07) is 11.0. The van der Waals surface area contributed by atoms with Gasteiger partial charge in [-0.05, 0) is 31.2 Å². The van der Waals surface area contributed by atoms with E-state index in [-0.39, 0.29) is 12.5 Å². The molecule has 7 nitrogen and oxygen atoms in total. The van der Waals surface area contributed by atoms with Gasteiger partial charge in [-0.25, -0.2) is 4.98 Å². The highest BCUT2D eigenvalue weighted by atomic mass is 16.6. The van der Waals surface area contributed by atoms with Gasteiger partial charge in [0.25, 0.3) is 0 Å². The molecule has 1 amide bonds. The molecule has 3 aromatic rings. The molecular formula is C19H19N3O4. The third kappa shape index (κ3) is 3.28. The largest absolute Gasteiger partial charge is 0.494 e. The zero-order valence-electron chi connectivity index (χ0n) is 14.4. The third-order valence-electron chi connectivity index (χ3n) is 4.05. The van der Waals surface area contributed by atoms with Gasteiger partial charge in [-0.3, -0.25) is 4.79 Å². The highest BCUT2D eigenvalue weighted by molar-refractivity contribution is 5.92. The number of hydrogen-bond donors (Lipinski definition) is 1. The Bertz CT molecular complexity index is 934. The molecule has 0 bridgehead atoms. The van der Waals surface area contributed by atoms with Crippen molar-refractivity contribution >= 4 is 22.6 Å². The predicted molar refractivity (Wildman–Crippen MR) is 97.0 cm³/mol. The Morgan fingerprint density at radius 1 is 1.19 bits per heavy atom. The van der Waals surface area contributed by atoms with Crippen molar-refractivity contribution in [2.24, 2.45) is 0 Å². The van der Waals surface area contributed by atoms with Gasteiger partial charge in [-0.1, -0.05) is 0 Å². The fourth-order valence-corrected chi connectivity index (χ4v) is 2.88. The number of ether oxygens (including phenoxy) is 3. The van der Waals surface area contributed by atoms with Gasteiger partial charge in [-0.15, -0.1) is 0 Å². The number of benzene rings is 2. The van der Waals surface area contributed by atoms with Crippen LogP contribution in [0.4, 0.5) is 5.69 Å². The molecule has 4 rings (SSSR count). The molecule has 2 heterocycles. The number of aromatic nitrogens is 2. The van der Waals surface area contributed by atoms with Crippen LogP contribution in [0.5, 0.6) is 17.2 Å². The highest BCUT2D eigenvalue weighted by Crippen LogP contribution is 2.34. The number of anilines is 1. The zero-order chi connectivity index (χ0) is 17.9. The maximum atomic E-state index is 12.4. The SMILES string of the molecule is CCOc1ccc(NC(=O)Cn2cnc3cc4c(cc32)OCCO4)cc1. The Labute approximate surface area is 150 Å². The van der Waals surface area contributed by atoms with Crippen molar-refractivity contribution in [3.8, 4) is 17.2 Å². The molecule has 0 saturated heterocycles. The average molecular weight is 353 g/mol. The highest BCUT2D eigenvalue weighted by Gasteiger charge is 2.16. The molecule has 0 radical (unpaired) electrons. The molecule has 1 aliphatic heterocycles. The second-order valence-corrected chi connectivity index (χ2v) is 5.86. The Kier molecular flexibility index (Phi) is 4.35. The lowest BCUT2D eigenvalue weighted by atomic mass is 10.2. The minimum absolute atomic E-state index is 0.136. The molecule has 0 aliphatic carbocycles. The Hall–Kier alpha value is -3.22. The summed E-state index contributed by atoms with van der Waals surface area (Å²) in [7, 11) is 0. The number of nitrogens with zero attached hydrogens (tertiary/aromatic N) is 2. The van der Waals surface area contributed by atoms with E-state index in [1.54, 1.807) is 10.9 Å². The standard InChI is InChI=1S/C19H19N3O4/c1-2-24-14-5-3-13(4-6-14)21-19(23)11-22-12-20-15-9-17-18(10-16(15)22)26-8-7-25-17/h3-6,9-10,12H,2,7-8,11H2,1H3,(H,21,23). The van der Waals surface area contributed by atoms with Crippen molar-refractivity contribution in [2.75, 3.05) is 25.1 Å². The molecule has 2 aromatic carbocycles. The minimum Gasteiger partial charge on any atom is -0.494 e. The molecule has 26 heavy (non-hydrogen) atoms. The molecule has 1 aromatic heterocycles. The van der Waals surface area contributed by atoms with Crippen molar-refractivity contribution in [3.63, 3.8) is 0 Å². The molecule has 0 spiro atoms. The van der Waals surface area contributed by atoms with Crippen LogP contribution in [-0.4, -0.2) is 35.3 Å². The van der Waals surface area contributed by atoms with Crippen molar-refractivity contribution in [1.82, 2.24) is 9.55 Å². The number of carbonyl (C=O) groups excluding carboxylic acids is 1. The number of fused-ring (bicyclic) bond motifs is 2. The Morgan fingerprint density at radius 3 is 2.65 bits per heavy atom. The van der Waals surface area contributed by atoms with E-state index >= 15 is 0 Å². The second-order valence-electron chi connectivity index (χ2n) is 5.86. The first-order chi connectivity index (χ1) is 12.7. The van der Waals surface area contributed by atoms with Crippen LogP contribution in [-0.2, 0) is 11.3 Å². The summed E-state index contributed by atoms with van der Waals surface area (Å²) in [6.45, 7) is 3.75. The van der Waals surface area contributed by atoms with Gasteiger partial charge >= 0.3 is 0 Å².